The van der Waals surface area contributed by atoms with E-state index < -0.39 is 17.8 Å². The zero-order valence-electron chi connectivity index (χ0n) is 24.0. The maximum absolute atomic E-state index is 13.4. The van der Waals surface area contributed by atoms with Gasteiger partial charge < -0.3 is 19.5 Å². The summed E-state index contributed by atoms with van der Waals surface area (Å²) in [6.45, 7) is 8.21. The molecule has 2 N–H and O–H groups in total. The first-order valence-corrected chi connectivity index (χ1v) is 13.6. The van der Waals surface area contributed by atoms with E-state index in [4.69, 9.17) is 14.2 Å². The number of urea groups is 1. The lowest BCUT2D eigenvalue weighted by molar-refractivity contribution is -0.122. The number of benzene rings is 3. The van der Waals surface area contributed by atoms with Crippen LogP contribution in [0.3, 0.4) is 0 Å². The molecule has 0 saturated carbocycles. The van der Waals surface area contributed by atoms with Crippen LogP contribution >= 0.6 is 0 Å². The Labute approximate surface area is 244 Å². The van der Waals surface area contributed by atoms with E-state index in [2.05, 4.69) is 10.6 Å². The van der Waals surface area contributed by atoms with Crippen LogP contribution in [-0.2, 0) is 14.4 Å². The quantitative estimate of drug-likeness (QED) is 0.240. The van der Waals surface area contributed by atoms with E-state index in [1.165, 1.54) is 12.1 Å². The largest absolute Gasteiger partial charge is 0.490 e. The number of carbonyl (C=O) groups excluding carboxylic acids is 4. The minimum Gasteiger partial charge on any atom is -0.490 e. The second-order valence-electron chi connectivity index (χ2n) is 9.60. The summed E-state index contributed by atoms with van der Waals surface area (Å²) < 4.78 is 17.0. The molecule has 1 saturated heterocycles. The normalized spacial score (nSPS) is 14.0. The number of imide groups is 2. The zero-order chi connectivity index (χ0) is 30.2. The smallest absolute Gasteiger partial charge is 0.335 e. The van der Waals surface area contributed by atoms with Crippen molar-refractivity contribution in [3.05, 3.63) is 82.9 Å². The highest BCUT2D eigenvalue weighted by Gasteiger charge is 2.37. The van der Waals surface area contributed by atoms with Gasteiger partial charge in [-0.15, -0.1) is 0 Å². The second kappa shape index (κ2) is 13.5. The van der Waals surface area contributed by atoms with Gasteiger partial charge in [0.15, 0.2) is 18.1 Å². The van der Waals surface area contributed by atoms with Crippen LogP contribution in [0.5, 0.6) is 17.2 Å². The van der Waals surface area contributed by atoms with Gasteiger partial charge in [-0.25, -0.2) is 9.69 Å². The first kappa shape index (κ1) is 29.9. The molecule has 4 rings (SSSR count). The fraction of sp³-hybridized carbons (Fsp3) is 0.250. The Bertz CT molecular complexity index is 1550. The van der Waals surface area contributed by atoms with Gasteiger partial charge in [-0.2, -0.15) is 0 Å². The van der Waals surface area contributed by atoms with Crippen LogP contribution in [0, 0.1) is 13.8 Å². The number of aryl methyl sites for hydroxylation is 2. The van der Waals surface area contributed by atoms with Gasteiger partial charge in [0.05, 0.1) is 18.9 Å². The lowest BCUT2D eigenvalue weighted by atomic mass is 10.1. The molecule has 0 unspecified atom stereocenters. The Morgan fingerprint density at radius 1 is 0.929 bits per heavy atom. The Morgan fingerprint density at radius 2 is 1.74 bits per heavy atom. The molecule has 0 atom stereocenters. The van der Waals surface area contributed by atoms with Crippen LogP contribution in [-0.4, -0.2) is 43.6 Å². The van der Waals surface area contributed by atoms with E-state index in [1.54, 1.807) is 36.4 Å². The highest BCUT2D eigenvalue weighted by atomic mass is 16.5. The number of barbiturate groups is 1. The van der Waals surface area contributed by atoms with Crippen LogP contribution in [0.2, 0.25) is 0 Å². The van der Waals surface area contributed by atoms with E-state index >= 15 is 0 Å². The summed E-state index contributed by atoms with van der Waals surface area (Å²) in [5, 5.41) is 5.05. The van der Waals surface area contributed by atoms with E-state index in [-0.39, 0.29) is 23.8 Å². The molecule has 0 aliphatic carbocycles. The van der Waals surface area contributed by atoms with Crippen LogP contribution in [0.4, 0.5) is 16.2 Å². The molecule has 3 aromatic rings. The molecular formula is C32H33N3O7. The molecule has 0 bridgehead atoms. The minimum absolute atomic E-state index is 0.218. The summed E-state index contributed by atoms with van der Waals surface area (Å²) in [6.07, 6.45) is 2.16. The average Bonchev–Trinajstić information content (AvgIpc) is 2.96. The zero-order valence-corrected chi connectivity index (χ0v) is 24.0. The number of nitrogens with zero attached hydrogens (tertiary/aromatic N) is 1. The van der Waals surface area contributed by atoms with Gasteiger partial charge in [0.2, 0.25) is 0 Å². The third kappa shape index (κ3) is 7.14. The number of amides is 5. The number of hydrogen-bond donors (Lipinski definition) is 2. The number of hydrogen-bond acceptors (Lipinski definition) is 7. The number of rotatable bonds is 11. The van der Waals surface area contributed by atoms with Crippen molar-refractivity contribution in [2.24, 2.45) is 0 Å². The molecule has 218 valence electrons. The Kier molecular flexibility index (Phi) is 9.59. The SMILES string of the molecule is CCCOc1ccc(N2C(=O)NC(=O)/C(=C\c3cccc(OCC(=O)Nc4cc(C)ccc4C)c3)C2=O)cc1OCC. The van der Waals surface area contributed by atoms with Gasteiger partial charge in [0, 0.05) is 11.8 Å². The Hall–Kier alpha value is -5.12. The molecule has 1 heterocycles. The summed E-state index contributed by atoms with van der Waals surface area (Å²) in [6, 6.07) is 16.2. The summed E-state index contributed by atoms with van der Waals surface area (Å²) in [5.41, 5.74) is 3.10. The van der Waals surface area contributed by atoms with Gasteiger partial charge in [-0.05, 0) is 80.3 Å². The number of nitrogens with one attached hydrogen (secondary N) is 2. The van der Waals surface area contributed by atoms with Crippen molar-refractivity contribution in [3.8, 4) is 17.2 Å². The molecule has 10 nitrogen and oxygen atoms in total. The van der Waals surface area contributed by atoms with E-state index in [0.717, 1.165) is 22.4 Å². The summed E-state index contributed by atoms with van der Waals surface area (Å²) in [5.74, 6) is -0.736. The monoisotopic (exact) mass is 571 g/mol. The number of ether oxygens (including phenoxy) is 3. The average molecular weight is 572 g/mol. The summed E-state index contributed by atoms with van der Waals surface area (Å²) in [7, 11) is 0. The van der Waals surface area contributed by atoms with Gasteiger partial charge in [-0.1, -0.05) is 31.2 Å². The Morgan fingerprint density at radius 3 is 2.50 bits per heavy atom. The topological polar surface area (TPSA) is 123 Å². The van der Waals surface area contributed by atoms with Crippen molar-refractivity contribution in [2.75, 3.05) is 30.0 Å². The molecule has 0 radical (unpaired) electrons. The predicted octanol–water partition coefficient (Wildman–Crippen LogP) is 5.17. The van der Waals surface area contributed by atoms with Crippen molar-refractivity contribution in [2.45, 2.75) is 34.1 Å². The van der Waals surface area contributed by atoms with Crippen molar-refractivity contribution in [1.82, 2.24) is 5.32 Å². The standard InChI is InChI=1S/C32H33N3O7/c1-5-14-41-27-13-12-23(18-28(27)40-6-2)35-31(38)25(30(37)34-32(35)39)17-22-8-7-9-24(16-22)42-19-29(36)33-26-15-20(3)10-11-21(26)4/h7-13,15-18H,5-6,14,19H2,1-4H3,(H,33,36)(H,34,37,39)/b25-17+. The third-order valence-electron chi connectivity index (χ3n) is 6.25. The molecule has 0 spiro atoms. The van der Waals surface area contributed by atoms with Crippen molar-refractivity contribution in [1.29, 1.82) is 0 Å². The maximum Gasteiger partial charge on any atom is 0.335 e. The molecule has 1 aliphatic rings. The maximum atomic E-state index is 13.4. The van der Waals surface area contributed by atoms with Gasteiger partial charge in [0.1, 0.15) is 11.3 Å². The van der Waals surface area contributed by atoms with Crippen molar-refractivity contribution >= 4 is 41.2 Å². The minimum atomic E-state index is -0.876. The van der Waals surface area contributed by atoms with Crippen molar-refractivity contribution < 1.29 is 33.4 Å². The molecule has 42 heavy (non-hydrogen) atoms. The first-order valence-electron chi connectivity index (χ1n) is 13.6. The number of carbonyl (C=O) groups is 4. The number of anilines is 2. The lowest BCUT2D eigenvalue weighted by Crippen LogP contribution is -2.54. The molecule has 0 aromatic heterocycles. The molecule has 10 heteroatoms. The highest BCUT2D eigenvalue weighted by Crippen LogP contribution is 2.34. The molecule has 3 aromatic carbocycles. The predicted molar refractivity (Wildman–Crippen MR) is 159 cm³/mol. The first-order chi connectivity index (χ1) is 20.2. The van der Waals surface area contributed by atoms with Gasteiger partial charge in [0.25, 0.3) is 17.7 Å². The fourth-order valence-corrected chi connectivity index (χ4v) is 4.19. The van der Waals surface area contributed by atoms with Crippen LogP contribution in [0.25, 0.3) is 6.08 Å². The van der Waals surface area contributed by atoms with Gasteiger partial charge in [-0.3, -0.25) is 19.7 Å². The van der Waals surface area contributed by atoms with E-state index in [1.807, 2.05) is 45.9 Å². The highest BCUT2D eigenvalue weighted by molar-refractivity contribution is 6.39. The molecule has 1 fully saturated rings. The van der Waals surface area contributed by atoms with Gasteiger partial charge >= 0.3 is 6.03 Å². The van der Waals surface area contributed by atoms with E-state index in [0.29, 0.717) is 41.7 Å². The van der Waals surface area contributed by atoms with Crippen LogP contribution in [0.1, 0.15) is 37.0 Å². The van der Waals surface area contributed by atoms with Crippen LogP contribution in [0.15, 0.2) is 66.2 Å². The molecule has 5 amide bonds. The van der Waals surface area contributed by atoms with E-state index in [9.17, 15) is 19.2 Å². The fourth-order valence-electron chi connectivity index (χ4n) is 4.19. The second-order valence-corrected chi connectivity index (χ2v) is 9.60. The van der Waals surface area contributed by atoms with Crippen LogP contribution < -0.4 is 29.7 Å². The van der Waals surface area contributed by atoms with Crippen molar-refractivity contribution in [3.63, 3.8) is 0 Å². The third-order valence-corrected chi connectivity index (χ3v) is 6.25. The Balaban J connectivity index is 1.51. The summed E-state index contributed by atoms with van der Waals surface area (Å²) in [4.78, 5) is 52.2. The lowest BCUT2D eigenvalue weighted by Gasteiger charge is -2.27. The molecule has 1 aliphatic heterocycles. The summed E-state index contributed by atoms with van der Waals surface area (Å²) >= 11 is 0. The molecular weight excluding hydrogens is 538 g/mol.